The van der Waals surface area contributed by atoms with Crippen molar-refractivity contribution in [2.24, 2.45) is 7.05 Å². The molecule has 7 nitrogen and oxygen atoms in total. The Kier molecular flexibility index (Phi) is 7.53. The molecular weight excluding hydrogens is 464 g/mol. The van der Waals surface area contributed by atoms with E-state index in [1.165, 1.54) is 42.1 Å². The standard InChI is InChI=1S/C20H18Cl2FN5O2S/c1-11(24-19(30)15-8-3-12(21)9-16(15)22)18-26-27-20(28(18)2)31-10-17(29)25-14-6-4-13(23)5-7-14/h3-9,11H,10H2,1-2H3,(H,24,30)(H,25,29)/t11-/m0/s1. The molecule has 0 aliphatic rings. The van der Waals surface area contributed by atoms with Crippen LogP contribution in [0.5, 0.6) is 0 Å². The smallest absolute Gasteiger partial charge is 0.253 e. The fraction of sp³-hybridized carbons (Fsp3) is 0.200. The van der Waals surface area contributed by atoms with Gasteiger partial charge in [0.1, 0.15) is 5.82 Å². The Balaban J connectivity index is 1.59. The second-order valence-corrected chi connectivity index (χ2v) is 8.35. The van der Waals surface area contributed by atoms with Crippen LogP contribution in [0, 0.1) is 5.82 Å². The number of nitrogens with one attached hydrogen (secondary N) is 2. The molecule has 3 rings (SSSR count). The van der Waals surface area contributed by atoms with Crippen molar-refractivity contribution in [1.29, 1.82) is 0 Å². The molecule has 0 unspecified atom stereocenters. The van der Waals surface area contributed by atoms with E-state index in [0.29, 0.717) is 27.3 Å². The van der Waals surface area contributed by atoms with Gasteiger partial charge in [-0.25, -0.2) is 4.39 Å². The first-order chi connectivity index (χ1) is 14.7. The Morgan fingerprint density at radius 2 is 1.87 bits per heavy atom. The van der Waals surface area contributed by atoms with Gasteiger partial charge in [-0.05, 0) is 49.4 Å². The molecule has 31 heavy (non-hydrogen) atoms. The first-order valence-corrected chi connectivity index (χ1v) is 10.8. The zero-order valence-electron chi connectivity index (χ0n) is 16.5. The van der Waals surface area contributed by atoms with Crippen molar-refractivity contribution < 1.29 is 14.0 Å². The molecule has 0 saturated heterocycles. The van der Waals surface area contributed by atoms with Gasteiger partial charge in [-0.1, -0.05) is 35.0 Å². The first kappa shape index (κ1) is 23.1. The lowest BCUT2D eigenvalue weighted by Gasteiger charge is -2.14. The Morgan fingerprint density at radius 1 is 1.16 bits per heavy atom. The molecule has 0 aliphatic carbocycles. The van der Waals surface area contributed by atoms with Crippen LogP contribution in [0.15, 0.2) is 47.6 Å². The molecule has 0 bridgehead atoms. The molecule has 0 radical (unpaired) electrons. The minimum Gasteiger partial charge on any atom is -0.342 e. The van der Waals surface area contributed by atoms with Crippen LogP contribution in [0.25, 0.3) is 0 Å². The predicted molar refractivity (Wildman–Crippen MR) is 119 cm³/mol. The topological polar surface area (TPSA) is 88.9 Å². The van der Waals surface area contributed by atoms with Crippen molar-refractivity contribution in [2.75, 3.05) is 11.1 Å². The lowest BCUT2D eigenvalue weighted by Crippen LogP contribution is -2.28. The highest BCUT2D eigenvalue weighted by atomic mass is 35.5. The van der Waals surface area contributed by atoms with Gasteiger partial charge in [-0.2, -0.15) is 0 Å². The number of halogens is 3. The Labute approximate surface area is 192 Å². The highest BCUT2D eigenvalue weighted by Gasteiger charge is 2.20. The van der Waals surface area contributed by atoms with Crippen LogP contribution in [0.2, 0.25) is 10.0 Å². The molecule has 0 spiro atoms. The molecule has 3 aromatic rings. The van der Waals surface area contributed by atoms with Crippen LogP contribution in [0.4, 0.5) is 10.1 Å². The van der Waals surface area contributed by atoms with Gasteiger partial charge in [0.25, 0.3) is 5.91 Å². The summed E-state index contributed by atoms with van der Waals surface area (Å²) in [5.74, 6) is -0.409. The van der Waals surface area contributed by atoms with Gasteiger partial charge in [0.15, 0.2) is 11.0 Å². The number of thioether (sulfide) groups is 1. The minimum absolute atomic E-state index is 0.0878. The maximum absolute atomic E-state index is 12.9. The third-order valence-electron chi connectivity index (χ3n) is 4.24. The van der Waals surface area contributed by atoms with Crippen molar-refractivity contribution >= 4 is 52.5 Å². The number of carbonyl (C=O) groups is 2. The SMILES string of the molecule is C[C@H](NC(=O)c1ccc(Cl)cc1Cl)c1nnc(SCC(=O)Nc2ccc(F)cc2)n1C. The third kappa shape index (κ3) is 5.96. The van der Waals surface area contributed by atoms with Gasteiger partial charge in [-0.15, -0.1) is 10.2 Å². The Bertz CT molecular complexity index is 1110. The van der Waals surface area contributed by atoms with Gasteiger partial charge >= 0.3 is 0 Å². The fourth-order valence-electron chi connectivity index (χ4n) is 2.70. The summed E-state index contributed by atoms with van der Waals surface area (Å²) in [4.78, 5) is 24.6. The number of rotatable bonds is 7. The highest BCUT2D eigenvalue weighted by molar-refractivity contribution is 7.99. The molecule has 0 fully saturated rings. The molecule has 1 heterocycles. The molecule has 2 aromatic carbocycles. The van der Waals surface area contributed by atoms with Crippen molar-refractivity contribution in [3.05, 3.63) is 69.7 Å². The average Bonchev–Trinajstić information content (AvgIpc) is 3.08. The summed E-state index contributed by atoms with van der Waals surface area (Å²) >= 11 is 13.1. The van der Waals surface area contributed by atoms with Crippen LogP contribution in [0.1, 0.15) is 29.1 Å². The zero-order valence-corrected chi connectivity index (χ0v) is 18.9. The van der Waals surface area contributed by atoms with Crippen LogP contribution < -0.4 is 10.6 Å². The first-order valence-electron chi connectivity index (χ1n) is 9.08. The summed E-state index contributed by atoms with van der Waals surface area (Å²) in [6.45, 7) is 1.77. The van der Waals surface area contributed by atoms with E-state index in [0.717, 1.165) is 0 Å². The van der Waals surface area contributed by atoms with Crippen LogP contribution in [-0.2, 0) is 11.8 Å². The zero-order chi connectivity index (χ0) is 22.5. The predicted octanol–water partition coefficient (Wildman–Crippen LogP) is 4.48. The van der Waals surface area contributed by atoms with Gasteiger partial charge in [0.2, 0.25) is 5.91 Å². The summed E-state index contributed by atoms with van der Waals surface area (Å²) < 4.78 is 14.6. The Morgan fingerprint density at radius 3 is 2.55 bits per heavy atom. The van der Waals surface area contributed by atoms with Gasteiger partial charge in [-0.3, -0.25) is 9.59 Å². The van der Waals surface area contributed by atoms with Crippen molar-refractivity contribution in [3.63, 3.8) is 0 Å². The fourth-order valence-corrected chi connectivity index (χ4v) is 3.91. The van der Waals surface area contributed by atoms with Crippen LogP contribution in [0.3, 0.4) is 0 Å². The molecule has 0 saturated carbocycles. The summed E-state index contributed by atoms with van der Waals surface area (Å²) in [6.07, 6.45) is 0. The number of carbonyl (C=O) groups excluding carboxylic acids is 2. The summed E-state index contributed by atoms with van der Waals surface area (Å²) in [7, 11) is 1.74. The second kappa shape index (κ2) is 10.1. The van der Waals surface area contributed by atoms with E-state index in [1.807, 2.05) is 0 Å². The number of hydrogen-bond acceptors (Lipinski definition) is 5. The van der Waals surface area contributed by atoms with Gasteiger partial charge in [0, 0.05) is 17.8 Å². The number of anilines is 1. The van der Waals surface area contributed by atoms with E-state index in [9.17, 15) is 14.0 Å². The minimum atomic E-state index is -0.459. The number of benzene rings is 2. The monoisotopic (exact) mass is 481 g/mol. The maximum atomic E-state index is 12.9. The van der Waals surface area contributed by atoms with Crippen molar-refractivity contribution in [2.45, 2.75) is 18.1 Å². The normalized spacial score (nSPS) is 11.8. The number of hydrogen-bond donors (Lipinski definition) is 2. The highest BCUT2D eigenvalue weighted by Crippen LogP contribution is 2.23. The summed E-state index contributed by atoms with van der Waals surface area (Å²) in [5, 5.41) is 14.9. The number of nitrogens with zero attached hydrogens (tertiary/aromatic N) is 3. The van der Waals surface area contributed by atoms with E-state index in [-0.39, 0.29) is 28.4 Å². The van der Waals surface area contributed by atoms with Crippen LogP contribution >= 0.6 is 35.0 Å². The molecule has 2 N–H and O–H groups in total. The van der Waals surface area contributed by atoms with E-state index >= 15 is 0 Å². The van der Waals surface area contributed by atoms with E-state index in [4.69, 9.17) is 23.2 Å². The third-order valence-corrected chi connectivity index (χ3v) is 5.81. The van der Waals surface area contributed by atoms with Crippen molar-refractivity contribution in [1.82, 2.24) is 20.1 Å². The summed E-state index contributed by atoms with van der Waals surface area (Å²) in [5.41, 5.74) is 0.801. The Hall–Kier alpha value is -2.62. The molecule has 11 heteroatoms. The summed E-state index contributed by atoms with van der Waals surface area (Å²) in [6, 6.07) is 9.67. The largest absolute Gasteiger partial charge is 0.342 e. The van der Waals surface area contributed by atoms with E-state index in [2.05, 4.69) is 20.8 Å². The molecule has 162 valence electrons. The van der Waals surface area contributed by atoms with E-state index in [1.54, 1.807) is 30.7 Å². The molecule has 1 atom stereocenters. The molecular formula is C20H18Cl2FN5O2S. The lowest BCUT2D eigenvalue weighted by molar-refractivity contribution is -0.113. The van der Waals surface area contributed by atoms with Gasteiger partial charge < -0.3 is 15.2 Å². The van der Waals surface area contributed by atoms with Crippen molar-refractivity contribution in [3.8, 4) is 0 Å². The maximum Gasteiger partial charge on any atom is 0.253 e. The number of aromatic nitrogens is 3. The molecule has 1 aromatic heterocycles. The average molecular weight is 482 g/mol. The lowest BCUT2D eigenvalue weighted by atomic mass is 10.2. The van der Waals surface area contributed by atoms with E-state index < -0.39 is 6.04 Å². The quantitative estimate of drug-likeness (QED) is 0.485. The second-order valence-electron chi connectivity index (χ2n) is 6.56. The molecule has 0 aliphatic heterocycles. The van der Waals surface area contributed by atoms with Gasteiger partial charge in [0.05, 0.1) is 22.4 Å². The molecule has 2 amide bonds. The van der Waals surface area contributed by atoms with Crippen LogP contribution in [-0.4, -0.2) is 32.3 Å². The number of amides is 2.